The minimum atomic E-state index is 0. The van der Waals surface area contributed by atoms with Crippen LogP contribution in [0.1, 0.15) is 11.5 Å². The SMILES string of the molecule is CN(C)Cc1cn2c(n1)CNCC2.Cl. The molecule has 1 aromatic rings. The van der Waals surface area contributed by atoms with Gasteiger partial charge in [0.25, 0.3) is 0 Å². The summed E-state index contributed by atoms with van der Waals surface area (Å²) in [6.07, 6.45) is 2.16. The summed E-state index contributed by atoms with van der Waals surface area (Å²) < 4.78 is 2.25. The molecule has 2 rings (SSSR count). The van der Waals surface area contributed by atoms with E-state index in [9.17, 15) is 0 Å². The van der Waals surface area contributed by atoms with Gasteiger partial charge in [-0.15, -0.1) is 12.4 Å². The molecule has 0 spiro atoms. The maximum Gasteiger partial charge on any atom is 0.123 e. The molecule has 1 N–H and O–H groups in total. The van der Waals surface area contributed by atoms with Crippen LogP contribution >= 0.6 is 12.4 Å². The standard InChI is InChI=1S/C9H16N4.ClH/c1-12(2)6-8-7-13-4-3-10-5-9(13)11-8;/h7,10H,3-6H2,1-2H3;1H. The third kappa shape index (κ3) is 2.47. The van der Waals surface area contributed by atoms with E-state index in [1.54, 1.807) is 0 Å². The molecule has 14 heavy (non-hydrogen) atoms. The second kappa shape index (κ2) is 4.77. The van der Waals surface area contributed by atoms with Crippen molar-refractivity contribution >= 4 is 12.4 Å². The van der Waals surface area contributed by atoms with Crippen LogP contribution in [0.3, 0.4) is 0 Å². The molecule has 4 nitrogen and oxygen atoms in total. The molecule has 5 heteroatoms. The van der Waals surface area contributed by atoms with Crippen molar-refractivity contribution in [1.82, 2.24) is 19.8 Å². The highest BCUT2D eigenvalue weighted by Crippen LogP contribution is 2.07. The first-order chi connectivity index (χ1) is 6.25. The number of fused-ring (bicyclic) bond motifs is 1. The van der Waals surface area contributed by atoms with Gasteiger partial charge in [-0.05, 0) is 14.1 Å². The zero-order valence-electron chi connectivity index (χ0n) is 8.66. The summed E-state index contributed by atoms with van der Waals surface area (Å²) in [6, 6.07) is 0. The molecule has 0 aromatic carbocycles. The van der Waals surface area contributed by atoms with E-state index in [2.05, 4.69) is 40.1 Å². The molecule has 0 atom stereocenters. The summed E-state index contributed by atoms with van der Waals surface area (Å²) in [4.78, 5) is 6.69. The monoisotopic (exact) mass is 216 g/mol. The smallest absolute Gasteiger partial charge is 0.123 e. The second-order valence-corrected chi connectivity index (χ2v) is 3.76. The fourth-order valence-corrected chi connectivity index (χ4v) is 1.65. The van der Waals surface area contributed by atoms with Gasteiger partial charge in [-0.25, -0.2) is 4.98 Å². The molecule has 1 aromatic heterocycles. The number of hydrogen-bond donors (Lipinski definition) is 1. The first kappa shape index (κ1) is 11.5. The Kier molecular flexibility index (Phi) is 3.92. The minimum Gasteiger partial charge on any atom is -0.332 e. The van der Waals surface area contributed by atoms with Crippen molar-refractivity contribution in [3.63, 3.8) is 0 Å². The lowest BCUT2D eigenvalue weighted by Gasteiger charge is -2.13. The van der Waals surface area contributed by atoms with E-state index in [4.69, 9.17) is 0 Å². The molecule has 0 unspecified atom stereocenters. The first-order valence-corrected chi connectivity index (χ1v) is 4.66. The van der Waals surface area contributed by atoms with E-state index in [0.717, 1.165) is 26.2 Å². The predicted octanol–water partition coefficient (Wildman–Crippen LogP) is 0.470. The van der Waals surface area contributed by atoms with Crippen molar-refractivity contribution in [2.75, 3.05) is 20.6 Å². The maximum absolute atomic E-state index is 4.55. The maximum atomic E-state index is 4.55. The summed E-state index contributed by atoms with van der Waals surface area (Å²) in [6.45, 7) is 3.95. The molecule has 80 valence electrons. The van der Waals surface area contributed by atoms with Gasteiger partial charge in [0, 0.05) is 25.8 Å². The number of hydrogen-bond acceptors (Lipinski definition) is 3. The highest BCUT2D eigenvalue weighted by molar-refractivity contribution is 5.85. The number of nitrogens with zero attached hydrogens (tertiary/aromatic N) is 3. The largest absolute Gasteiger partial charge is 0.332 e. The second-order valence-electron chi connectivity index (χ2n) is 3.76. The lowest BCUT2D eigenvalue weighted by Crippen LogP contribution is -2.27. The van der Waals surface area contributed by atoms with Crippen molar-refractivity contribution in [3.05, 3.63) is 17.7 Å². The molecule has 0 aliphatic carbocycles. The van der Waals surface area contributed by atoms with Crippen molar-refractivity contribution in [2.45, 2.75) is 19.6 Å². The molecule has 0 radical (unpaired) electrons. The average molecular weight is 217 g/mol. The van der Waals surface area contributed by atoms with Crippen molar-refractivity contribution in [1.29, 1.82) is 0 Å². The Bertz CT molecular complexity index is 272. The summed E-state index contributed by atoms with van der Waals surface area (Å²) in [5.74, 6) is 1.17. The summed E-state index contributed by atoms with van der Waals surface area (Å²) >= 11 is 0. The van der Waals surface area contributed by atoms with Gasteiger partial charge in [-0.1, -0.05) is 0 Å². The van der Waals surface area contributed by atoms with Crippen LogP contribution in [0.25, 0.3) is 0 Å². The Morgan fingerprint density at radius 1 is 1.57 bits per heavy atom. The molecular weight excluding hydrogens is 200 g/mol. The fourth-order valence-electron chi connectivity index (χ4n) is 1.65. The quantitative estimate of drug-likeness (QED) is 0.781. The average Bonchev–Trinajstić information content (AvgIpc) is 2.44. The number of imidazole rings is 1. The van der Waals surface area contributed by atoms with Gasteiger partial charge in [0.1, 0.15) is 5.82 Å². The molecule has 0 saturated carbocycles. The van der Waals surface area contributed by atoms with E-state index in [-0.39, 0.29) is 12.4 Å². The third-order valence-electron chi connectivity index (χ3n) is 2.20. The Labute approximate surface area is 90.7 Å². The summed E-state index contributed by atoms with van der Waals surface area (Å²) in [7, 11) is 4.13. The zero-order valence-corrected chi connectivity index (χ0v) is 9.47. The van der Waals surface area contributed by atoms with Gasteiger partial charge in [0.05, 0.1) is 12.2 Å². The Morgan fingerprint density at radius 2 is 2.36 bits per heavy atom. The van der Waals surface area contributed by atoms with Gasteiger partial charge < -0.3 is 14.8 Å². The number of halogens is 1. The van der Waals surface area contributed by atoms with Crippen LogP contribution in [-0.2, 0) is 19.6 Å². The van der Waals surface area contributed by atoms with E-state index >= 15 is 0 Å². The third-order valence-corrected chi connectivity index (χ3v) is 2.20. The van der Waals surface area contributed by atoms with Gasteiger partial charge in [0.15, 0.2) is 0 Å². The molecule has 0 amide bonds. The first-order valence-electron chi connectivity index (χ1n) is 4.66. The normalized spacial score (nSPS) is 15.1. The van der Waals surface area contributed by atoms with E-state index in [0.29, 0.717) is 0 Å². The van der Waals surface area contributed by atoms with Crippen LogP contribution in [0, 0.1) is 0 Å². The summed E-state index contributed by atoms with van der Waals surface area (Å²) in [5, 5.41) is 3.31. The van der Waals surface area contributed by atoms with Crippen molar-refractivity contribution in [3.8, 4) is 0 Å². The Morgan fingerprint density at radius 3 is 3.00 bits per heavy atom. The molecule has 0 saturated heterocycles. The Balaban J connectivity index is 0.000000980. The molecule has 0 fully saturated rings. The molecule has 1 aliphatic rings. The van der Waals surface area contributed by atoms with Crippen LogP contribution in [-0.4, -0.2) is 35.1 Å². The van der Waals surface area contributed by atoms with E-state index < -0.39 is 0 Å². The topological polar surface area (TPSA) is 33.1 Å². The highest BCUT2D eigenvalue weighted by atomic mass is 35.5. The zero-order chi connectivity index (χ0) is 9.26. The van der Waals surface area contributed by atoms with E-state index in [1.165, 1.54) is 11.5 Å². The Hall–Kier alpha value is -0.580. The number of rotatable bonds is 2. The molecule has 1 aliphatic heterocycles. The van der Waals surface area contributed by atoms with Crippen LogP contribution in [0.5, 0.6) is 0 Å². The number of aromatic nitrogens is 2. The number of nitrogens with one attached hydrogen (secondary N) is 1. The van der Waals surface area contributed by atoms with Crippen LogP contribution in [0.4, 0.5) is 0 Å². The molecule has 0 bridgehead atoms. The fraction of sp³-hybridized carbons (Fsp3) is 0.667. The van der Waals surface area contributed by atoms with Crippen molar-refractivity contribution < 1.29 is 0 Å². The lowest BCUT2D eigenvalue weighted by molar-refractivity contribution is 0.397. The van der Waals surface area contributed by atoms with Gasteiger partial charge in [-0.3, -0.25) is 0 Å². The molecular formula is C9H17ClN4. The molecule has 2 heterocycles. The van der Waals surface area contributed by atoms with Crippen molar-refractivity contribution in [2.24, 2.45) is 0 Å². The van der Waals surface area contributed by atoms with Gasteiger partial charge >= 0.3 is 0 Å². The highest BCUT2D eigenvalue weighted by Gasteiger charge is 2.11. The van der Waals surface area contributed by atoms with E-state index in [1.807, 2.05) is 0 Å². The summed E-state index contributed by atoms with van der Waals surface area (Å²) in [5.41, 5.74) is 1.17. The van der Waals surface area contributed by atoms with Gasteiger partial charge in [0.2, 0.25) is 0 Å². The van der Waals surface area contributed by atoms with Gasteiger partial charge in [-0.2, -0.15) is 0 Å². The van der Waals surface area contributed by atoms with Crippen LogP contribution < -0.4 is 5.32 Å². The van der Waals surface area contributed by atoms with Crippen LogP contribution in [0.2, 0.25) is 0 Å². The predicted molar refractivity (Wildman–Crippen MR) is 58.6 cm³/mol. The minimum absolute atomic E-state index is 0. The van der Waals surface area contributed by atoms with Crippen LogP contribution in [0.15, 0.2) is 6.20 Å². The lowest BCUT2D eigenvalue weighted by atomic mass is 10.4.